The molecule has 0 aliphatic carbocycles. The fraction of sp³-hybridized carbons (Fsp3) is 0.333. The lowest BCUT2D eigenvalue weighted by Gasteiger charge is -2.40. The molecule has 2 heterocycles. The molecule has 2 aromatic rings. The van der Waals surface area contributed by atoms with E-state index in [-0.39, 0.29) is 42.4 Å². The first-order chi connectivity index (χ1) is 13.4. The summed E-state index contributed by atoms with van der Waals surface area (Å²) in [5.74, 6) is -1.21. The van der Waals surface area contributed by atoms with Crippen LogP contribution in [-0.2, 0) is 16.0 Å². The molecule has 0 saturated carbocycles. The Balaban J connectivity index is 1.38. The zero-order valence-electron chi connectivity index (χ0n) is 15.3. The van der Waals surface area contributed by atoms with E-state index < -0.39 is 11.7 Å². The Morgan fingerprint density at radius 3 is 2.64 bits per heavy atom. The molecule has 1 amide bonds. The summed E-state index contributed by atoms with van der Waals surface area (Å²) < 4.78 is 38.4. The van der Waals surface area contributed by atoms with Gasteiger partial charge in [0.05, 0.1) is 17.8 Å². The van der Waals surface area contributed by atoms with Gasteiger partial charge >= 0.3 is 0 Å². The molecule has 5 nitrogen and oxygen atoms in total. The monoisotopic (exact) mass is 387 g/mol. The van der Waals surface area contributed by atoms with Gasteiger partial charge < -0.3 is 14.4 Å². The number of Topliss-reactive ketones (excluding diaryl/α,β-unsaturated/α-hetero) is 1. The summed E-state index contributed by atoms with van der Waals surface area (Å²) in [5, 5.41) is 0. The molecule has 4 rings (SSSR count). The molecule has 0 radical (unpaired) electrons. The Morgan fingerprint density at radius 1 is 1.21 bits per heavy atom. The predicted molar refractivity (Wildman–Crippen MR) is 96.2 cm³/mol. The van der Waals surface area contributed by atoms with Crippen LogP contribution in [0, 0.1) is 11.6 Å². The van der Waals surface area contributed by atoms with Crippen LogP contribution in [0.2, 0.25) is 0 Å². The third kappa shape index (κ3) is 3.62. The van der Waals surface area contributed by atoms with E-state index in [1.165, 1.54) is 29.2 Å². The van der Waals surface area contributed by atoms with Crippen LogP contribution in [0.1, 0.15) is 34.5 Å². The lowest BCUT2D eigenvalue weighted by atomic mass is 10.00. The standard InChI is InChI=1S/C21H19F2NO4/c1-12(13-2-4-15(22)5-3-13)28-17-9-24(10-17)21(26)18-7-14-6-16(25)11-27-20(14)8-19(18)23/h2-5,7-8,12,17H,6,9-11H2,1H3. The van der Waals surface area contributed by atoms with Crippen molar-refractivity contribution in [2.45, 2.75) is 25.6 Å². The van der Waals surface area contributed by atoms with Gasteiger partial charge in [0.15, 0.2) is 5.78 Å². The molecule has 0 spiro atoms. The quantitative estimate of drug-likeness (QED) is 0.809. The Kier molecular flexibility index (Phi) is 4.85. The smallest absolute Gasteiger partial charge is 0.257 e. The van der Waals surface area contributed by atoms with E-state index in [0.29, 0.717) is 24.4 Å². The van der Waals surface area contributed by atoms with Gasteiger partial charge in [0.25, 0.3) is 5.91 Å². The van der Waals surface area contributed by atoms with Crippen molar-refractivity contribution in [2.75, 3.05) is 19.7 Å². The molecular formula is C21H19F2NO4. The average molecular weight is 387 g/mol. The van der Waals surface area contributed by atoms with Crippen molar-refractivity contribution in [3.63, 3.8) is 0 Å². The molecular weight excluding hydrogens is 368 g/mol. The maximum atomic E-state index is 14.3. The summed E-state index contributed by atoms with van der Waals surface area (Å²) in [4.78, 5) is 25.6. The van der Waals surface area contributed by atoms with Crippen LogP contribution in [0.15, 0.2) is 36.4 Å². The van der Waals surface area contributed by atoms with Crippen molar-refractivity contribution in [1.29, 1.82) is 0 Å². The first kappa shape index (κ1) is 18.6. The van der Waals surface area contributed by atoms with Gasteiger partial charge in [-0.3, -0.25) is 9.59 Å². The highest BCUT2D eigenvalue weighted by Crippen LogP contribution is 2.29. The van der Waals surface area contributed by atoms with Gasteiger partial charge in [-0.2, -0.15) is 0 Å². The van der Waals surface area contributed by atoms with Gasteiger partial charge in [-0.25, -0.2) is 8.78 Å². The van der Waals surface area contributed by atoms with Gasteiger partial charge in [0, 0.05) is 31.1 Å². The normalized spacial score (nSPS) is 17.5. The Hall–Kier alpha value is -2.80. The molecule has 1 atom stereocenters. The lowest BCUT2D eigenvalue weighted by Crippen LogP contribution is -2.55. The zero-order chi connectivity index (χ0) is 19.8. The summed E-state index contributed by atoms with van der Waals surface area (Å²) in [7, 11) is 0. The maximum Gasteiger partial charge on any atom is 0.257 e. The molecule has 0 aromatic heterocycles. The first-order valence-corrected chi connectivity index (χ1v) is 9.08. The summed E-state index contributed by atoms with van der Waals surface area (Å²) >= 11 is 0. The van der Waals surface area contributed by atoms with Gasteiger partial charge in [-0.15, -0.1) is 0 Å². The van der Waals surface area contributed by atoms with Crippen LogP contribution >= 0.6 is 0 Å². The SMILES string of the molecule is CC(OC1CN(C(=O)c2cc3c(cc2F)OCC(=O)C3)C1)c1ccc(F)cc1. The highest BCUT2D eigenvalue weighted by molar-refractivity contribution is 5.96. The molecule has 7 heteroatoms. The van der Waals surface area contributed by atoms with E-state index in [1.807, 2.05) is 6.92 Å². The second-order valence-electron chi connectivity index (χ2n) is 7.11. The lowest BCUT2D eigenvalue weighted by molar-refractivity contribution is -0.121. The number of hydrogen-bond acceptors (Lipinski definition) is 4. The Labute approximate surface area is 160 Å². The molecule has 1 fully saturated rings. The topological polar surface area (TPSA) is 55.8 Å². The number of hydrogen-bond donors (Lipinski definition) is 0. The van der Waals surface area contributed by atoms with E-state index in [1.54, 1.807) is 12.1 Å². The summed E-state index contributed by atoms with van der Waals surface area (Å²) in [6.45, 7) is 2.47. The highest BCUT2D eigenvalue weighted by Gasteiger charge is 2.35. The third-order valence-corrected chi connectivity index (χ3v) is 5.03. The second kappa shape index (κ2) is 7.31. The largest absolute Gasteiger partial charge is 0.485 e. The number of ether oxygens (including phenoxy) is 2. The van der Waals surface area contributed by atoms with E-state index in [9.17, 15) is 18.4 Å². The number of carbonyl (C=O) groups excluding carboxylic acids is 2. The number of benzene rings is 2. The molecule has 0 bridgehead atoms. The highest BCUT2D eigenvalue weighted by atomic mass is 19.1. The zero-order valence-corrected chi connectivity index (χ0v) is 15.3. The fourth-order valence-electron chi connectivity index (χ4n) is 3.42. The number of likely N-dealkylation sites (tertiary alicyclic amines) is 1. The van der Waals surface area contributed by atoms with Crippen LogP contribution in [0.25, 0.3) is 0 Å². The molecule has 1 unspecified atom stereocenters. The number of amides is 1. The van der Waals surface area contributed by atoms with Crippen molar-refractivity contribution in [3.05, 3.63) is 64.7 Å². The summed E-state index contributed by atoms with van der Waals surface area (Å²) in [6.07, 6.45) is -0.280. The van der Waals surface area contributed by atoms with Gasteiger partial charge in [0.1, 0.15) is 24.0 Å². The summed E-state index contributed by atoms with van der Waals surface area (Å²) in [5.41, 5.74) is 1.30. The van der Waals surface area contributed by atoms with Gasteiger partial charge in [-0.1, -0.05) is 12.1 Å². The minimum Gasteiger partial charge on any atom is -0.485 e. The maximum absolute atomic E-state index is 14.3. The number of fused-ring (bicyclic) bond motifs is 1. The average Bonchev–Trinajstić information content (AvgIpc) is 2.64. The van der Waals surface area contributed by atoms with Crippen molar-refractivity contribution in [3.8, 4) is 5.75 Å². The van der Waals surface area contributed by atoms with E-state index >= 15 is 0 Å². The molecule has 0 N–H and O–H groups in total. The van der Waals surface area contributed by atoms with Crippen LogP contribution in [-0.4, -0.2) is 42.4 Å². The Morgan fingerprint density at radius 2 is 1.93 bits per heavy atom. The van der Waals surface area contributed by atoms with Crippen molar-refractivity contribution in [1.82, 2.24) is 4.90 Å². The fourth-order valence-corrected chi connectivity index (χ4v) is 3.42. The molecule has 2 aliphatic heterocycles. The van der Waals surface area contributed by atoms with Crippen LogP contribution < -0.4 is 4.74 Å². The minimum absolute atomic E-state index is 0.0675. The van der Waals surface area contributed by atoms with Crippen molar-refractivity contribution >= 4 is 11.7 Å². The number of halogens is 2. The minimum atomic E-state index is -0.665. The second-order valence-corrected chi connectivity index (χ2v) is 7.11. The predicted octanol–water partition coefficient (Wildman–Crippen LogP) is 3.07. The van der Waals surface area contributed by atoms with E-state index in [2.05, 4.69) is 0 Å². The third-order valence-electron chi connectivity index (χ3n) is 5.03. The number of nitrogens with zero attached hydrogens (tertiary/aromatic N) is 1. The van der Waals surface area contributed by atoms with Crippen LogP contribution in [0.3, 0.4) is 0 Å². The number of carbonyl (C=O) groups is 2. The number of rotatable bonds is 4. The molecule has 146 valence electrons. The molecule has 2 aromatic carbocycles. The van der Waals surface area contributed by atoms with Crippen molar-refractivity contribution < 1.29 is 27.8 Å². The summed E-state index contributed by atoms with van der Waals surface area (Å²) in [6, 6.07) is 8.64. The van der Waals surface area contributed by atoms with E-state index in [4.69, 9.17) is 9.47 Å². The molecule has 2 aliphatic rings. The molecule has 1 saturated heterocycles. The van der Waals surface area contributed by atoms with Gasteiger partial charge in [-0.05, 0) is 30.7 Å². The molecule has 28 heavy (non-hydrogen) atoms. The first-order valence-electron chi connectivity index (χ1n) is 9.08. The van der Waals surface area contributed by atoms with Crippen LogP contribution in [0.4, 0.5) is 8.78 Å². The van der Waals surface area contributed by atoms with Gasteiger partial charge in [0.2, 0.25) is 0 Å². The number of ketones is 1. The Bertz CT molecular complexity index is 923. The van der Waals surface area contributed by atoms with Crippen molar-refractivity contribution in [2.24, 2.45) is 0 Å². The van der Waals surface area contributed by atoms with Crippen LogP contribution in [0.5, 0.6) is 5.75 Å². The van der Waals surface area contributed by atoms with E-state index in [0.717, 1.165) is 5.56 Å².